The fraction of sp³-hybridized carbons (Fsp3) is 0.500. The molecule has 0 spiro atoms. The topological polar surface area (TPSA) is 39.1 Å². The van der Waals surface area contributed by atoms with Crippen LogP contribution in [0.15, 0.2) is 24.3 Å². The molecule has 3 heteroatoms. The van der Waals surface area contributed by atoms with Gasteiger partial charge in [0.2, 0.25) is 0 Å². The summed E-state index contributed by atoms with van der Waals surface area (Å²) in [5.74, 6) is 0. The number of hydrogen-bond donors (Lipinski definition) is 1. The predicted octanol–water partition coefficient (Wildman–Crippen LogP) is 1.74. The van der Waals surface area contributed by atoms with Crippen molar-refractivity contribution in [1.29, 1.82) is 5.26 Å². The molecule has 0 aromatic heterocycles. The molecule has 1 aliphatic heterocycles. The largest absolute Gasteiger partial charge is 0.315 e. The van der Waals surface area contributed by atoms with E-state index in [9.17, 15) is 0 Å². The zero-order chi connectivity index (χ0) is 12.1. The maximum Gasteiger partial charge on any atom is 0.0991 e. The van der Waals surface area contributed by atoms with Crippen LogP contribution in [0.5, 0.6) is 0 Å². The van der Waals surface area contributed by atoms with Gasteiger partial charge < -0.3 is 5.32 Å². The van der Waals surface area contributed by atoms with Gasteiger partial charge in [0.25, 0.3) is 0 Å². The van der Waals surface area contributed by atoms with Gasteiger partial charge in [-0.15, -0.1) is 0 Å². The Hall–Kier alpha value is -1.37. The molecular formula is C14H19N3. The average Bonchev–Trinajstić information content (AvgIpc) is 2.40. The Kier molecular flexibility index (Phi) is 4.13. The minimum Gasteiger partial charge on any atom is -0.315 e. The highest BCUT2D eigenvalue weighted by atomic mass is 15.2. The Morgan fingerprint density at radius 3 is 2.76 bits per heavy atom. The summed E-state index contributed by atoms with van der Waals surface area (Å²) in [6, 6.07) is 10.7. The van der Waals surface area contributed by atoms with E-state index in [1.807, 2.05) is 24.3 Å². The minimum absolute atomic E-state index is 0.638. The minimum atomic E-state index is 0.638. The number of hydrogen-bond acceptors (Lipinski definition) is 3. The number of piperidine rings is 1. The lowest BCUT2D eigenvalue weighted by Gasteiger charge is -2.31. The number of benzene rings is 1. The van der Waals surface area contributed by atoms with Gasteiger partial charge in [0.15, 0.2) is 0 Å². The van der Waals surface area contributed by atoms with Crippen molar-refractivity contribution in [2.24, 2.45) is 0 Å². The summed E-state index contributed by atoms with van der Waals surface area (Å²) in [5.41, 5.74) is 2.01. The monoisotopic (exact) mass is 229 g/mol. The van der Waals surface area contributed by atoms with Crippen molar-refractivity contribution in [3.05, 3.63) is 35.4 Å². The second-order valence-corrected chi connectivity index (χ2v) is 4.72. The van der Waals surface area contributed by atoms with E-state index < -0.39 is 0 Å². The highest BCUT2D eigenvalue weighted by molar-refractivity contribution is 5.31. The van der Waals surface area contributed by atoms with E-state index in [1.165, 1.54) is 18.4 Å². The van der Waals surface area contributed by atoms with Gasteiger partial charge in [-0.3, -0.25) is 4.90 Å². The lowest BCUT2D eigenvalue weighted by molar-refractivity contribution is 0.196. The van der Waals surface area contributed by atoms with E-state index in [2.05, 4.69) is 23.3 Å². The molecule has 0 radical (unpaired) electrons. The van der Waals surface area contributed by atoms with Gasteiger partial charge in [0, 0.05) is 19.1 Å². The second kappa shape index (κ2) is 5.81. The zero-order valence-electron chi connectivity index (χ0n) is 10.3. The smallest absolute Gasteiger partial charge is 0.0991 e. The van der Waals surface area contributed by atoms with Crippen LogP contribution in [0.25, 0.3) is 0 Å². The van der Waals surface area contributed by atoms with Crippen molar-refractivity contribution >= 4 is 0 Å². The van der Waals surface area contributed by atoms with E-state index in [4.69, 9.17) is 5.26 Å². The quantitative estimate of drug-likeness (QED) is 0.858. The van der Waals surface area contributed by atoms with Gasteiger partial charge >= 0.3 is 0 Å². The van der Waals surface area contributed by atoms with Crippen molar-refractivity contribution < 1.29 is 0 Å². The van der Waals surface area contributed by atoms with Gasteiger partial charge in [-0.25, -0.2) is 0 Å². The molecule has 0 saturated carbocycles. The first-order valence-electron chi connectivity index (χ1n) is 6.19. The number of likely N-dealkylation sites (N-methyl/N-ethyl adjacent to an activating group) is 1. The van der Waals surface area contributed by atoms with Crippen molar-refractivity contribution in [3.63, 3.8) is 0 Å². The first-order chi connectivity index (χ1) is 8.29. The average molecular weight is 229 g/mol. The summed E-state index contributed by atoms with van der Waals surface area (Å²) >= 11 is 0. The molecule has 1 aliphatic rings. The van der Waals surface area contributed by atoms with Gasteiger partial charge in [-0.05, 0) is 44.1 Å². The van der Waals surface area contributed by atoms with Crippen LogP contribution in [0.3, 0.4) is 0 Å². The van der Waals surface area contributed by atoms with Crippen LogP contribution in [-0.2, 0) is 6.54 Å². The number of rotatable bonds is 3. The first-order valence-corrected chi connectivity index (χ1v) is 6.19. The van der Waals surface area contributed by atoms with E-state index in [0.717, 1.165) is 25.2 Å². The van der Waals surface area contributed by atoms with Gasteiger partial charge in [0.1, 0.15) is 0 Å². The Bertz CT molecular complexity index is 385. The van der Waals surface area contributed by atoms with Crippen molar-refractivity contribution in [2.75, 3.05) is 20.1 Å². The molecule has 1 N–H and O–H groups in total. The molecule has 3 nitrogen and oxygen atoms in total. The van der Waals surface area contributed by atoms with Crippen LogP contribution in [0.1, 0.15) is 24.0 Å². The molecule has 1 unspecified atom stereocenters. The number of nitrogens with zero attached hydrogens (tertiary/aromatic N) is 2. The molecule has 17 heavy (non-hydrogen) atoms. The molecule has 1 aromatic rings. The molecule has 1 saturated heterocycles. The molecule has 1 fully saturated rings. The van der Waals surface area contributed by atoms with E-state index in [-0.39, 0.29) is 0 Å². The van der Waals surface area contributed by atoms with E-state index in [0.29, 0.717) is 6.04 Å². The normalized spacial score (nSPS) is 20.2. The third-order valence-corrected chi connectivity index (χ3v) is 3.41. The van der Waals surface area contributed by atoms with Crippen molar-refractivity contribution in [3.8, 4) is 6.07 Å². The SMILES string of the molecule is CN(Cc1ccc(C#N)cc1)C1CCCNC1. The summed E-state index contributed by atoms with van der Waals surface area (Å²) in [5, 5.41) is 12.2. The molecule has 0 bridgehead atoms. The molecular weight excluding hydrogens is 210 g/mol. The van der Waals surface area contributed by atoms with Crippen LogP contribution in [0.4, 0.5) is 0 Å². The summed E-state index contributed by atoms with van der Waals surface area (Å²) in [4.78, 5) is 2.40. The first kappa shape index (κ1) is 12.1. The fourth-order valence-corrected chi connectivity index (χ4v) is 2.31. The summed E-state index contributed by atoms with van der Waals surface area (Å²) in [7, 11) is 2.18. The molecule has 0 amide bonds. The molecule has 0 aliphatic carbocycles. The lowest BCUT2D eigenvalue weighted by Crippen LogP contribution is -2.43. The van der Waals surface area contributed by atoms with Crippen LogP contribution in [0, 0.1) is 11.3 Å². The predicted molar refractivity (Wildman–Crippen MR) is 68.5 cm³/mol. The Balaban J connectivity index is 1.92. The van der Waals surface area contributed by atoms with E-state index >= 15 is 0 Å². The highest BCUT2D eigenvalue weighted by Gasteiger charge is 2.17. The number of nitrogens with one attached hydrogen (secondary N) is 1. The fourth-order valence-electron chi connectivity index (χ4n) is 2.31. The Morgan fingerprint density at radius 1 is 1.41 bits per heavy atom. The summed E-state index contributed by atoms with van der Waals surface area (Å²) in [6.45, 7) is 3.20. The third kappa shape index (κ3) is 3.29. The molecule has 1 aromatic carbocycles. The van der Waals surface area contributed by atoms with E-state index in [1.54, 1.807) is 0 Å². The number of nitriles is 1. The lowest BCUT2D eigenvalue weighted by atomic mass is 10.1. The third-order valence-electron chi connectivity index (χ3n) is 3.41. The maximum absolute atomic E-state index is 8.75. The van der Waals surface area contributed by atoms with Crippen LogP contribution in [0.2, 0.25) is 0 Å². The molecule has 1 heterocycles. The van der Waals surface area contributed by atoms with Crippen molar-refractivity contribution in [1.82, 2.24) is 10.2 Å². The van der Waals surface area contributed by atoms with Crippen LogP contribution in [-0.4, -0.2) is 31.1 Å². The van der Waals surface area contributed by atoms with Gasteiger partial charge in [-0.1, -0.05) is 12.1 Å². The maximum atomic E-state index is 8.75. The standard InChI is InChI=1S/C14H19N3/c1-17(14-3-2-8-16-10-14)11-13-6-4-12(9-15)5-7-13/h4-7,14,16H,2-3,8,10-11H2,1H3. The van der Waals surface area contributed by atoms with Crippen molar-refractivity contribution in [2.45, 2.75) is 25.4 Å². The highest BCUT2D eigenvalue weighted by Crippen LogP contribution is 2.12. The molecule has 90 valence electrons. The Morgan fingerprint density at radius 2 is 2.18 bits per heavy atom. The van der Waals surface area contributed by atoms with Gasteiger partial charge in [-0.2, -0.15) is 5.26 Å². The second-order valence-electron chi connectivity index (χ2n) is 4.72. The molecule has 2 rings (SSSR count). The summed E-state index contributed by atoms with van der Waals surface area (Å²) in [6.07, 6.45) is 2.54. The Labute approximate surface area is 103 Å². The van der Waals surface area contributed by atoms with Crippen LogP contribution >= 0.6 is 0 Å². The summed E-state index contributed by atoms with van der Waals surface area (Å²) < 4.78 is 0. The molecule has 1 atom stereocenters. The van der Waals surface area contributed by atoms with Crippen LogP contribution < -0.4 is 5.32 Å². The van der Waals surface area contributed by atoms with Gasteiger partial charge in [0.05, 0.1) is 11.6 Å². The zero-order valence-corrected chi connectivity index (χ0v) is 10.3.